The van der Waals surface area contributed by atoms with Gasteiger partial charge in [0.1, 0.15) is 5.00 Å². The Morgan fingerprint density at radius 3 is 2.67 bits per heavy atom. The molecule has 1 aliphatic rings. The fourth-order valence-electron chi connectivity index (χ4n) is 3.01. The molecule has 27 heavy (non-hydrogen) atoms. The number of nitrogens with one attached hydrogen (secondary N) is 2. The molecule has 0 fully saturated rings. The molecule has 1 aromatic heterocycles. The minimum absolute atomic E-state index is 0.109. The summed E-state index contributed by atoms with van der Waals surface area (Å²) in [5.74, 6) is -0.446. The maximum absolute atomic E-state index is 12.8. The monoisotopic (exact) mass is 414 g/mol. The number of halogens is 3. The number of anilines is 2. The Bertz CT molecular complexity index is 878. The van der Waals surface area contributed by atoms with Crippen LogP contribution in [0.1, 0.15) is 39.2 Å². The smallest absolute Gasteiger partial charge is 0.416 e. The predicted octanol–water partition coefficient (Wildman–Crippen LogP) is 5.24. The first kappa shape index (κ1) is 19.6. The molecule has 0 spiro atoms. The van der Waals surface area contributed by atoms with Crippen LogP contribution < -0.4 is 10.6 Å². The van der Waals surface area contributed by atoms with Crippen molar-refractivity contribution in [3.05, 3.63) is 45.8 Å². The molecule has 4 nitrogen and oxygen atoms in total. The van der Waals surface area contributed by atoms with Gasteiger partial charge in [-0.25, -0.2) is 4.79 Å². The molecule has 1 aliphatic carbocycles. The van der Waals surface area contributed by atoms with E-state index in [-0.39, 0.29) is 10.8 Å². The molecule has 1 aromatic carbocycles. The number of alkyl halides is 3. The second kappa shape index (κ2) is 7.85. The highest BCUT2D eigenvalue weighted by atomic mass is 32.1. The van der Waals surface area contributed by atoms with E-state index < -0.39 is 17.7 Å². The minimum Gasteiger partial charge on any atom is -0.465 e. The van der Waals surface area contributed by atoms with Crippen LogP contribution in [0.2, 0.25) is 0 Å². The van der Waals surface area contributed by atoms with Crippen molar-refractivity contribution in [2.45, 2.75) is 31.9 Å². The third kappa shape index (κ3) is 4.41. The lowest BCUT2D eigenvalue weighted by molar-refractivity contribution is -0.137. The van der Waals surface area contributed by atoms with Gasteiger partial charge in [-0.2, -0.15) is 13.2 Å². The molecule has 2 aromatic rings. The summed E-state index contributed by atoms with van der Waals surface area (Å²) in [5.41, 5.74) is 0.883. The average molecular weight is 414 g/mol. The van der Waals surface area contributed by atoms with E-state index in [0.29, 0.717) is 10.6 Å². The normalized spacial score (nSPS) is 13.6. The number of hydrogen-bond donors (Lipinski definition) is 2. The number of aryl methyl sites for hydroxylation is 1. The number of hydrogen-bond acceptors (Lipinski definition) is 4. The van der Waals surface area contributed by atoms with Crippen LogP contribution in [-0.2, 0) is 23.8 Å². The van der Waals surface area contributed by atoms with Gasteiger partial charge in [-0.05, 0) is 61.7 Å². The van der Waals surface area contributed by atoms with E-state index in [0.717, 1.165) is 48.3 Å². The zero-order valence-electron chi connectivity index (χ0n) is 14.4. The van der Waals surface area contributed by atoms with E-state index in [2.05, 4.69) is 10.6 Å². The van der Waals surface area contributed by atoms with Gasteiger partial charge in [0.05, 0.1) is 18.2 Å². The van der Waals surface area contributed by atoms with E-state index >= 15 is 0 Å². The topological polar surface area (TPSA) is 50.4 Å². The van der Waals surface area contributed by atoms with Gasteiger partial charge in [-0.3, -0.25) is 0 Å². The van der Waals surface area contributed by atoms with E-state index in [1.165, 1.54) is 30.6 Å². The molecule has 0 saturated heterocycles. The zero-order valence-corrected chi connectivity index (χ0v) is 16.0. The van der Waals surface area contributed by atoms with E-state index in [1.807, 2.05) is 0 Å². The van der Waals surface area contributed by atoms with Gasteiger partial charge in [-0.1, -0.05) is 6.07 Å². The number of thiophene rings is 1. The molecular formula is C18H17F3N2O2S2. The number of fused-ring (bicyclic) bond motifs is 1. The lowest BCUT2D eigenvalue weighted by atomic mass is 9.95. The molecule has 0 saturated carbocycles. The quantitative estimate of drug-likeness (QED) is 0.531. The van der Waals surface area contributed by atoms with Crippen molar-refractivity contribution in [1.29, 1.82) is 0 Å². The molecule has 9 heteroatoms. The first-order chi connectivity index (χ1) is 12.8. The number of esters is 1. The molecule has 3 rings (SSSR count). The molecule has 0 amide bonds. The van der Waals surface area contributed by atoms with Crippen molar-refractivity contribution in [3.63, 3.8) is 0 Å². The third-order valence-corrected chi connectivity index (χ3v) is 5.65. The lowest BCUT2D eigenvalue weighted by Crippen LogP contribution is -2.20. The SMILES string of the molecule is COC(=O)c1c(NC(=S)Nc2cccc(C(F)(F)F)c2)sc2c1CCCC2. The standard InChI is InChI=1S/C18H17F3N2O2S2/c1-25-16(24)14-12-7-2-3-8-13(12)27-15(14)23-17(26)22-11-6-4-5-10(9-11)18(19,20)21/h4-6,9H,2-3,7-8H2,1H3,(H2,22,23,26). The van der Waals surface area contributed by atoms with E-state index in [1.54, 1.807) is 0 Å². The predicted molar refractivity (Wildman–Crippen MR) is 104 cm³/mol. The van der Waals surface area contributed by atoms with Crippen molar-refractivity contribution in [3.8, 4) is 0 Å². The first-order valence-electron chi connectivity index (χ1n) is 8.27. The van der Waals surface area contributed by atoms with Crippen LogP contribution in [-0.4, -0.2) is 18.2 Å². The highest BCUT2D eigenvalue weighted by Gasteiger charge is 2.30. The Morgan fingerprint density at radius 2 is 1.96 bits per heavy atom. The summed E-state index contributed by atoms with van der Waals surface area (Å²) in [7, 11) is 1.32. The number of ether oxygens (including phenoxy) is 1. The van der Waals surface area contributed by atoms with Gasteiger partial charge >= 0.3 is 12.1 Å². The van der Waals surface area contributed by atoms with Crippen LogP contribution in [0, 0.1) is 0 Å². The largest absolute Gasteiger partial charge is 0.465 e. The van der Waals surface area contributed by atoms with Crippen molar-refractivity contribution < 1.29 is 22.7 Å². The first-order valence-corrected chi connectivity index (χ1v) is 9.50. The zero-order chi connectivity index (χ0) is 19.6. The summed E-state index contributed by atoms with van der Waals surface area (Å²) >= 11 is 6.66. The Morgan fingerprint density at radius 1 is 1.22 bits per heavy atom. The molecule has 144 valence electrons. The Kier molecular flexibility index (Phi) is 5.71. The highest BCUT2D eigenvalue weighted by molar-refractivity contribution is 7.80. The number of carbonyl (C=O) groups is 1. The average Bonchev–Trinajstić information content (AvgIpc) is 2.98. The van der Waals surface area contributed by atoms with Crippen LogP contribution in [0.5, 0.6) is 0 Å². The summed E-state index contributed by atoms with van der Waals surface area (Å²) in [6.07, 6.45) is -0.691. The van der Waals surface area contributed by atoms with Gasteiger partial charge in [0.15, 0.2) is 5.11 Å². The number of rotatable bonds is 3. The van der Waals surface area contributed by atoms with Gasteiger partial charge < -0.3 is 15.4 Å². The minimum atomic E-state index is -4.43. The van der Waals surface area contributed by atoms with Gasteiger partial charge in [0.2, 0.25) is 0 Å². The maximum Gasteiger partial charge on any atom is 0.416 e. The van der Waals surface area contributed by atoms with Crippen LogP contribution in [0.3, 0.4) is 0 Å². The second-order valence-electron chi connectivity index (χ2n) is 6.06. The lowest BCUT2D eigenvalue weighted by Gasteiger charge is -2.13. The summed E-state index contributed by atoms with van der Waals surface area (Å²) in [5, 5.41) is 6.35. The van der Waals surface area contributed by atoms with Gasteiger partial charge in [0.25, 0.3) is 0 Å². The van der Waals surface area contributed by atoms with Crippen LogP contribution in [0.4, 0.5) is 23.9 Å². The summed E-state index contributed by atoms with van der Waals surface area (Å²) < 4.78 is 43.4. The van der Waals surface area contributed by atoms with Gasteiger partial charge in [0, 0.05) is 10.6 Å². The van der Waals surface area contributed by atoms with Crippen molar-refractivity contribution in [1.82, 2.24) is 0 Å². The van der Waals surface area contributed by atoms with Crippen molar-refractivity contribution in [2.75, 3.05) is 17.7 Å². The Hall–Kier alpha value is -2.13. The molecule has 0 aliphatic heterocycles. The fraction of sp³-hybridized carbons (Fsp3) is 0.333. The molecule has 2 N–H and O–H groups in total. The maximum atomic E-state index is 12.8. The Labute approximate surface area is 163 Å². The Balaban J connectivity index is 1.80. The second-order valence-corrected chi connectivity index (χ2v) is 7.58. The molecule has 0 unspecified atom stereocenters. The molecule has 0 atom stereocenters. The number of benzene rings is 1. The third-order valence-electron chi connectivity index (χ3n) is 4.24. The summed E-state index contributed by atoms with van der Waals surface area (Å²) in [6.45, 7) is 0. The summed E-state index contributed by atoms with van der Waals surface area (Å²) in [6, 6.07) is 4.76. The van der Waals surface area contributed by atoms with Crippen LogP contribution >= 0.6 is 23.6 Å². The highest BCUT2D eigenvalue weighted by Crippen LogP contribution is 2.38. The summed E-state index contributed by atoms with van der Waals surface area (Å²) in [4.78, 5) is 13.3. The van der Waals surface area contributed by atoms with Gasteiger partial charge in [-0.15, -0.1) is 11.3 Å². The van der Waals surface area contributed by atoms with E-state index in [9.17, 15) is 18.0 Å². The molecular weight excluding hydrogens is 397 g/mol. The van der Waals surface area contributed by atoms with Crippen LogP contribution in [0.25, 0.3) is 0 Å². The number of methoxy groups -OCH3 is 1. The van der Waals surface area contributed by atoms with Crippen molar-refractivity contribution in [2.24, 2.45) is 0 Å². The number of thiocarbonyl (C=S) groups is 1. The van der Waals surface area contributed by atoms with Crippen molar-refractivity contribution >= 4 is 45.3 Å². The fourth-order valence-corrected chi connectivity index (χ4v) is 4.58. The van der Waals surface area contributed by atoms with Crippen LogP contribution in [0.15, 0.2) is 24.3 Å². The number of carbonyl (C=O) groups excluding carboxylic acids is 1. The molecule has 0 radical (unpaired) electrons. The molecule has 1 heterocycles. The molecule has 0 bridgehead atoms. The van der Waals surface area contributed by atoms with E-state index in [4.69, 9.17) is 17.0 Å².